The van der Waals surface area contributed by atoms with E-state index in [0.29, 0.717) is 11.5 Å². The van der Waals surface area contributed by atoms with Gasteiger partial charge in [0.25, 0.3) is 0 Å². The quantitative estimate of drug-likeness (QED) is 0.332. The minimum absolute atomic E-state index is 0.323. The van der Waals surface area contributed by atoms with E-state index in [0.717, 1.165) is 0 Å². The highest BCUT2D eigenvalue weighted by Gasteiger charge is 2.45. The maximum atomic E-state index is 10.8. The van der Waals surface area contributed by atoms with Crippen LogP contribution in [0.15, 0.2) is 11.3 Å². The van der Waals surface area contributed by atoms with Crippen LogP contribution in [0.4, 0.5) is 5.82 Å². The van der Waals surface area contributed by atoms with E-state index in [2.05, 4.69) is 27.1 Å². The van der Waals surface area contributed by atoms with Crippen molar-refractivity contribution in [3.8, 4) is 0 Å². The number of hydrogen-bond donors (Lipinski definition) is 5. The number of aliphatic hydroxyl groups excluding tert-OH is 2. The highest BCUT2D eigenvalue weighted by atomic mass is 32.1. The molecule has 2 aliphatic heterocycles. The van der Waals surface area contributed by atoms with E-state index >= 15 is 0 Å². The first-order valence-electron chi connectivity index (χ1n) is 6.91. The van der Waals surface area contributed by atoms with Crippen LogP contribution in [0.25, 0.3) is 0 Å². The fraction of sp³-hybridized carbons (Fsp3) is 0.636. The van der Waals surface area contributed by atoms with Crippen molar-refractivity contribution >= 4 is 32.6 Å². The lowest BCUT2D eigenvalue weighted by molar-refractivity contribution is -0.0513. The number of aliphatic hydroxyl groups is 2. The molecule has 2 aliphatic rings. The van der Waals surface area contributed by atoms with Crippen LogP contribution in [0.1, 0.15) is 17.3 Å². The summed E-state index contributed by atoms with van der Waals surface area (Å²) in [6.07, 6.45) is -1.93. The lowest BCUT2D eigenvalue weighted by Gasteiger charge is -2.25. The highest BCUT2D eigenvalue weighted by molar-refractivity contribution is 7.80. The summed E-state index contributed by atoms with van der Waals surface area (Å²) in [5, 5.41) is 19.9. The number of phosphoric acid groups is 1. The zero-order valence-electron chi connectivity index (χ0n) is 12.4. The Labute approximate surface area is 142 Å². The fourth-order valence-electron chi connectivity index (χ4n) is 2.54. The lowest BCUT2D eigenvalue weighted by atomic mass is 10.1. The summed E-state index contributed by atoms with van der Waals surface area (Å²) in [6, 6.07) is 0. The van der Waals surface area contributed by atoms with Gasteiger partial charge < -0.3 is 29.6 Å². The van der Waals surface area contributed by atoms with Gasteiger partial charge >= 0.3 is 7.82 Å². The first-order valence-corrected chi connectivity index (χ1v) is 8.96. The molecule has 0 aliphatic carbocycles. The van der Waals surface area contributed by atoms with Crippen LogP contribution >= 0.6 is 20.5 Å². The van der Waals surface area contributed by atoms with Gasteiger partial charge in [0.05, 0.1) is 19.3 Å². The Hall–Kier alpha value is -0.980. The number of ether oxygens (including phenoxy) is 1. The van der Waals surface area contributed by atoms with E-state index < -0.39 is 39.0 Å². The summed E-state index contributed by atoms with van der Waals surface area (Å²) in [4.78, 5) is 27.6. The molecular formula is C11H17N4O7PS. The zero-order chi connectivity index (χ0) is 17.6. The van der Waals surface area contributed by atoms with E-state index in [9.17, 15) is 14.8 Å². The summed E-state index contributed by atoms with van der Waals surface area (Å²) in [5.41, 5.74) is 0.559. The molecule has 0 spiro atoms. The Balaban J connectivity index is 1.81. The number of hydrogen-bond acceptors (Lipinski definition) is 9. The Morgan fingerprint density at radius 3 is 2.79 bits per heavy atom. The van der Waals surface area contributed by atoms with Crippen LogP contribution in [0.5, 0.6) is 0 Å². The number of fused-ring (bicyclic) bond motifs is 1. The van der Waals surface area contributed by atoms with Crippen molar-refractivity contribution in [2.75, 3.05) is 13.7 Å². The molecule has 1 aromatic heterocycles. The summed E-state index contributed by atoms with van der Waals surface area (Å²) in [5.74, 6) is 0.418. The van der Waals surface area contributed by atoms with Gasteiger partial charge in [-0.1, -0.05) is 0 Å². The van der Waals surface area contributed by atoms with Gasteiger partial charge in [-0.15, -0.1) is 12.6 Å². The van der Waals surface area contributed by atoms with Crippen molar-refractivity contribution in [2.24, 2.45) is 4.99 Å². The molecular weight excluding hydrogens is 363 g/mol. The smallest absolute Gasteiger partial charge is 0.387 e. The van der Waals surface area contributed by atoms with Gasteiger partial charge in [0.15, 0.2) is 12.0 Å². The zero-order valence-corrected chi connectivity index (χ0v) is 14.2. The molecule has 0 saturated carbocycles. The number of aromatic nitrogens is 2. The molecule has 3 rings (SSSR count). The maximum Gasteiger partial charge on any atom is 0.469 e. The predicted molar refractivity (Wildman–Crippen MR) is 83.8 cm³/mol. The van der Waals surface area contributed by atoms with Gasteiger partial charge in [-0.25, -0.2) is 14.5 Å². The highest BCUT2D eigenvalue weighted by Crippen LogP contribution is 2.41. The van der Waals surface area contributed by atoms with Crippen LogP contribution in [0.2, 0.25) is 0 Å². The molecule has 1 saturated heterocycles. The van der Waals surface area contributed by atoms with Crippen molar-refractivity contribution < 1.29 is 33.8 Å². The lowest BCUT2D eigenvalue weighted by Crippen LogP contribution is -2.33. The molecule has 3 heterocycles. The summed E-state index contributed by atoms with van der Waals surface area (Å²) >= 11 is 4.41. The van der Waals surface area contributed by atoms with Crippen molar-refractivity contribution in [3.05, 3.63) is 12.0 Å². The van der Waals surface area contributed by atoms with Crippen LogP contribution in [0, 0.1) is 0 Å². The SMILES string of the molecule is CN1C=Nc2c(ncn2[C@@H]2O[C@H](COP(=O)(O)O)C(O)C2O)C1S. The first kappa shape index (κ1) is 17.8. The number of nitrogens with zero attached hydrogens (tertiary/aromatic N) is 4. The second kappa shape index (κ2) is 6.39. The van der Waals surface area contributed by atoms with Crippen LogP contribution < -0.4 is 0 Å². The van der Waals surface area contributed by atoms with Crippen LogP contribution in [-0.4, -0.2) is 72.8 Å². The predicted octanol–water partition coefficient (Wildman–Crippen LogP) is -0.855. The van der Waals surface area contributed by atoms with Gasteiger partial charge in [-0.3, -0.25) is 9.09 Å². The molecule has 0 aromatic carbocycles. The third-order valence-electron chi connectivity index (χ3n) is 3.81. The average Bonchev–Trinajstić information content (AvgIpc) is 3.04. The molecule has 4 N–H and O–H groups in total. The van der Waals surface area contributed by atoms with Gasteiger partial charge in [0.1, 0.15) is 29.4 Å². The summed E-state index contributed by atoms with van der Waals surface area (Å²) in [6.45, 7) is -0.572. The van der Waals surface area contributed by atoms with Crippen molar-refractivity contribution in [3.63, 3.8) is 0 Å². The Kier molecular flexibility index (Phi) is 4.75. The molecule has 0 amide bonds. The Bertz CT molecular complexity index is 694. The minimum atomic E-state index is -4.71. The molecule has 24 heavy (non-hydrogen) atoms. The summed E-state index contributed by atoms with van der Waals surface area (Å²) in [7, 11) is -2.93. The van der Waals surface area contributed by atoms with Crippen molar-refractivity contribution in [1.29, 1.82) is 0 Å². The number of thiol groups is 1. The molecule has 134 valence electrons. The second-order valence-corrected chi connectivity index (χ2v) is 7.21. The van der Waals surface area contributed by atoms with E-state index in [-0.39, 0.29) is 5.37 Å². The van der Waals surface area contributed by atoms with Gasteiger partial charge in [-0.05, 0) is 0 Å². The molecule has 5 atom stereocenters. The molecule has 3 unspecified atom stereocenters. The topological polar surface area (TPSA) is 150 Å². The number of phosphoric ester groups is 1. The standard InChI is InChI=1S/C11H17N4O7PS/c1-14-3-13-9-6(11(14)24)12-4-15(9)10-8(17)7(16)5(22-10)2-21-23(18,19)20/h3-5,7-8,10-11,16-17,24H,2H2,1H3,(H2,18,19,20)/t5-,7?,8?,10-,11?/m1/s1. The number of imidazole rings is 1. The Morgan fingerprint density at radius 1 is 1.42 bits per heavy atom. The van der Waals surface area contributed by atoms with E-state index in [1.807, 2.05) is 0 Å². The van der Waals surface area contributed by atoms with Crippen LogP contribution in [0.3, 0.4) is 0 Å². The average molecular weight is 380 g/mol. The van der Waals surface area contributed by atoms with E-state index in [1.54, 1.807) is 18.3 Å². The van der Waals surface area contributed by atoms with Crippen molar-refractivity contribution in [1.82, 2.24) is 14.5 Å². The number of aliphatic imine (C=N–C) groups is 1. The monoisotopic (exact) mass is 380 g/mol. The molecule has 11 nitrogen and oxygen atoms in total. The van der Waals surface area contributed by atoms with Gasteiger partial charge in [0, 0.05) is 7.05 Å². The molecule has 13 heteroatoms. The van der Waals surface area contributed by atoms with Gasteiger partial charge in [-0.2, -0.15) is 0 Å². The molecule has 0 bridgehead atoms. The van der Waals surface area contributed by atoms with Gasteiger partial charge in [0.2, 0.25) is 0 Å². The third kappa shape index (κ3) is 3.24. The van der Waals surface area contributed by atoms with E-state index in [1.165, 1.54) is 10.9 Å². The van der Waals surface area contributed by atoms with E-state index in [4.69, 9.17) is 14.5 Å². The Morgan fingerprint density at radius 2 is 2.12 bits per heavy atom. The molecule has 1 fully saturated rings. The first-order chi connectivity index (χ1) is 11.2. The summed E-state index contributed by atoms with van der Waals surface area (Å²) < 4.78 is 22.0. The largest absolute Gasteiger partial charge is 0.469 e. The molecule has 1 aromatic rings. The normalized spacial score (nSPS) is 33.1. The molecule has 0 radical (unpaired) electrons. The minimum Gasteiger partial charge on any atom is -0.387 e. The van der Waals surface area contributed by atoms with Crippen LogP contribution in [-0.2, 0) is 13.8 Å². The fourth-order valence-corrected chi connectivity index (χ4v) is 3.12. The maximum absolute atomic E-state index is 10.8. The second-order valence-electron chi connectivity index (χ2n) is 5.48. The van der Waals surface area contributed by atoms with Crippen molar-refractivity contribution in [2.45, 2.75) is 29.9 Å². The third-order valence-corrected chi connectivity index (χ3v) is 4.90. The number of rotatable bonds is 4.